The van der Waals surface area contributed by atoms with Crippen LogP contribution in [0, 0.1) is 0 Å². The zero-order valence-corrected chi connectivity index (χ0v) is 25.3. The first-order chi connectivity index (χ1) is 22.6. The highest BCUT2D eigenvalue weighted by atomic mass is 19.4. The van der Waals surface area contributed by atoms with Crippen LogP contribution >= 0.6 is 0 Å². The van der Waals surface area contributed by atoms with Gasteiger partial charge in [-0.3, -0.25) is 9.59 Å². The third kappa shape index (κ3) is 5.73. The summed E-state index contributed by atoms with van der Waals surface area (Å²) in [6.45, 7) is 3.51. The van der Waals surface area contributed by atoms with Crippen molar-refractivity contribution < 1.29 is 32.3 Å². The number of aliphatic imine (C=N–C) groups is 1. The molecule has 0 radical (unpaired) electrons. The van der Waals surface area contributed by atoms with E-state index in [9.17, 15) is 27.9 Å². The van der Waals surface area contributed by atoms with Gasteiger partial charge >= 0.3 is 6.18 Å². The number of fused-ring (bicyclic) bond motifs is 1. The molecule has 5 aromatic rings. The van der Waals surface area contributed by atoms with E-state index >= 15 is 0 Å². The highest BCUT2D eigenvalue weighted by molar-refractivity contribution is 5.97. The zero-order chi connectivity index (χ0) is 32.9. The van der Waals surface area contributed by atoms with Gasteiger partial charge in [-0.25, -0.2) is 14.7 Å². The maximum Gasteiger partial charge on any atom is 0.449 e. The monoisotopic (exact) mass is 642 g/mol. The number of phenols is 1. The molecule has 0 unspecified atom stereocenters. The van der Waals surface area contributed by atoms with Gasteiger partial charge in [-0.05, 0) is 79.4 Å². The van der Waals surface area contributed by atoms with E-state index < -0.39 is 11.9 Å². The van der Waals surface area contributed by atoms with E-state index in [1.54, 1.807) is 41.3 Å². The van der Waals surface area contributed by atoms with Crippen LogP contribution in [0.4, 0.5) is 13.2 Å². The first kappa shape index (κ1) is 30.2. The SMILES string of the molecule is CCc1cc(-c2ccc(C(F)(F)F)o2)n(-c2ccc3c(c2)nc(-c2cc(C(=O)N4CCCC4)ccc2O)n3CC2=CCC(=O)N=C2)n1. The van der Waals surface area contributed by atoms with Crippen LogP contribution in [0.15, 0.2) is 75.7 Å². The van der Waals surface area contributed by atoms with Gasteiger partial charge < -0.3 is 19.0 Å². The second kappa shape index (κ2) is 11.7. The number of aromatic hydroxyl groups is 1. The number of alkyl halides is 3. The van der Waals surface area contributed by atoms with Crippen molar-refractivity contribution in [3.63, 3.8) is 0 Å². The zero-order valence-electron chi connectivity index (χ0n) is 25.3. The molecule has 2 aromatic carbocycles. The summed E-state index contributed by atoms with van der Waals surface area (Å²) in [6, 6.07) is 13.9. The number of furan rings is 1. The number of phenolic OH excluding ortho intramolecular Hbond substituents is 1. The van der Waals surface area contributed by atoms with Crippen molar-refractivity contribution in [2.24, 2.45) is 4.99 Å². The number of hydrogen-bond acceptors (Lipinski definition) is 6. The summed E-state index contributed by atoms with van der Waals surface area (Å²) in [6.07, 6.45) is 1.24. The van der Waals surface area contributed by atoms with Crippen LogP contribution in [0.5, 0.6) is 5.75 Å². The normalized spacial score (nSPS) is 15.2. The van der Waals surface area contributed by atoms with Crippen LogP contribution in [0.2, 0.25) is 0 Å². The average Bonchev–Trinajstić information content (AvgIpc) is 3.87. The number of amides is 2. The number of nitrogens with zero attached hydrogens (tertiary/aromatic N) is 6. The van der Waals surface area contributed by atoms with Crippen LogP contribution in [0.3, 0.4) is 0 Å². The molecule has 2 aliphatic rings. The minimum atomic E-state index is -4.63. The number of benzene rings is 2. The minimum Gasteiger partial charge on any atom is -0.507 e. The smallest absolute Gasteiger partial charge is 0.449 e. The largest absolute Gasteiger partial charge is 0.507 e. The summed E-state index contributed by atoms with van der Waals surface area (Å²) in [5.74, 6) is -1.16. The van der Waals surface area contributed by atoms with E-state index in [0.29, 0.717) is 64.6 Å². The Morgan fingerprint density at radius 1 is 1.04 bits per heavy atom. The molecule has 0 bridgehead atoms. The number of carbonyl (C=O) groups is 2. The fourth-order valence-electron chi connectivity index (χ4n) is 5.94. The Morgan fingerprint density at radius 2 is 1.85 bits per heavy atom. The highest BCUT2D eigenvalue weighted by Crippen LogP contribution is 2.37. The average molecular weight is 643 g/mol. The maximum atomic E-state index is 13.3. The van der Waals surface area contributed by atoms with E-state index in [-0.39, 0.29) is 36.3 Å². The van der Waals surface area contributed by atoms with Crippen molar-refractivity contribution in [2.75, 3.05) is 13.1 Å². The lowest BCUT2D eigenvalue weighted by Gasteiger charge is -2.17. The molecule has 5 heterocycles. The van der Waals surface area contributed by atoms with Gasteiger partial charge in [0.25, 0.3) is 5.91 Å². The number of imidazole rings is 1. The first-order valence-corrected chi connectivity index (χ1v) is 15.2. The van der Waals surface area contributed by atoms with Crippen molar-refractivity contribution in [2.45, 2.75) is 45.3 Å². The summed E-state index contributed by atoms with van der Waals surface area (Å²) < 4.78 is 48.6. The lowest BCUT2D eigenvalue weighted by atomic mass is 10.1. The van der Waals surface area contributed by atoms with Crippen molar-refractivity contribution in [3.8, 4) is 34.3 Å². The molecule has 1 fully saturated rings. The van der Waals surface area contributed by atoms with Gasteiger partial charge in [0.15, 0.2) is 5.76 Å². The number of hydrogen-bond donors (Lipinski definition) is 1. The summed E-state index contributed by atoms with van der Waals surface area (Å²) in [7, 11) is 0. The Balaban J connectivity index is 1.35. The topological polar surface area (TPSA) is 119 Å². The van der Waals surface area contributed by atoms with Crippen LogP contribution in [0.25, 0.3) is 39.6 Å². The van der Waals surface area contributed by atoms with Gasteiger partial charge in [0.1, 0.15) is 17.3 Å². The molecule has 47 heavy (non-hydrogen) atoms. The third-order valence-electron chi connectivity index (χ3n) is 8.37. The molecule has 0 saturated carbocycles. The molecule has 0 aliphatic carbocycles. The van der Waals surface area contributed by atoms with Crippen molar-refractivity contribution in [1.29, 1.82) is 0 Å². The van der Waals surface area contributed by atoms with Gasteiger partial charge in [0.05, 0.1) is 34.5 Å². The molecule has 13 heteroatoms. The quantitative estimate of drug-likeness (QED) is 0.214. The lowest BCUT2D eigenvalue weighted by molar-refractivity contribution is -0.152. The molecule has 2 amide bonds. The molecule has 0 atom stereocenters. The molecule has 240 valence electrons. The van der Waals surface area contributed by atoms with E-state index in [2.05, 4.69) is 10.1 Å². The van der Waals surface area contributed by atoms with Crippen molar-refractivity contribution in [3.05, 3.63) is 83.3 Å². The Morgan fingerprint density at radius 3 is 2.55 bits per heavy atom. The number of likely N-dealkylation sites (tertiary alicyclic amines) is 1. The van der Waals surface area contributed by atoms with Gasteiger partial charge in [-0.2, -0.15) is 18.3 Å². The van der Waals surface area contributed by atoms with E-state index in [1.165, 1.54) is 23.0 Å². The number of halogens is 3. The van der Waals surface area contributed by atoms with Gasteiger partial charge in [0, 0.05) is 31.3 Å². The van der Waals surface area contributed by atoms with Gasteiger partial charge in [-0.15, -0.1) is 0 Å². The summed E-state index contributed by atoms with van der Waals surface area (Å²) in [5.41, 5.74) is 4.24. The van der Waals surface area contributed by atoms with Crippen LogP contribution in [0.1, 0.15) is 48.0 Å². The van der Waals surface area contributed by atoms with Crippen LogP contribution in [-0.4, -0.2) is 60.5 Å². The summed E-state index contributed by atoms with van der Waals surface area (Å²) >= 11 is 0. The number of carbonyl (C=O) groups excluding carboxylic acids is 2. The van der Waals surface area contributed by atoms with Crippen LogP contribution in [-0.2, 0) is 23.9 Å². The summed E-state index contributed by atoms with van der Waals surface area (Å²) in [4.78, 5) is 35.6. The maximum absolute atomic E-state index is 13.3. The van der Waals surface area contributed by atoms with Gasteiger partial charge in [0.2, 0.25) is 11.7 Å². The summed E-state index contributed by atoms with van der Waals surface area (Å²) in [5, 5.41) is 15.7. The minimum absolute atomic E-state index is 0.0123. The molecule has 7 rings (SSSR count). The fraction of sp³-hybridized carbons (Fsp3) is 0.265. The molecular weight excluding hydrogens is 613 g/mol. The second-order valence-electron chi connectivity index (χ2n) is 11.5. The molecular formula is C34H29F3N6O4. The Kier molecular flexibility index (Phi) is 7.53. The Labute approximate surface area is 266 Å². The number of dihydropyridines is 1. The third-order valence-corrected chi connectivity index (χ3v) is 8.37. The standard InChI is InChI=1S/C34H29F3N6O4/c1-2-22-16-27(29-10-11-30(47-29)34(35,36)37)43(40-22)23-7-8-26-25(17-23)39-32(42(26)19-20-5-12-31(45)38-18-20)24-15-21(6-9-28(24)44)33(46)41-13-3-4-14-41/h5-11,15-18,44H,2-4,12-14,19H2,1H3. The molecule has 10 nitrogen and oxygen atoms in total. The predicted octanol–water partition coefficient (Wildman–Crippen LogP) is 6.60. The Hall–Kier alpha value is -5.46. The number of aryl methyl sites for hydroxylation is 1. The second-order valence-corrected chi connectivity index (χ2v) is 11.5. The molecule has 3 aromatic heterocycles. The van der Waals surface area contributed by atoms with E-state index in [0.717, 1.165) is 24.5 Å². The van der Waals surface area contributed by atoms with Crippen LogP contribution < -0.4 is 0 Å². The molecule has 1 saturated heterocycles. The Bertz CT molecular complexity index is 2100. The van der Waals surface area contributed by atoms with Crippen molar-refractivity contribution >= 4 is 29.1 Å². The number of aromatic nitrogens is 4. The van der Waals surface area contributed by atoms with E-state index in [4.69, 9.17) is 9.40 Å². The first-order valence-electron chi connectivity index (χ1n) is 15.2. The van der Waals surface area contributed by atoms with E-state index in [1.807, 2.05) is 17.6 Å². The molecule has 1 N–H and O–H groups in total. The number of rotatable bonds is 7. The molecule has 0 spiro atoms. The van der Waals surface area contributed by atoms with Crippen molar-refractivity contribution in [1.82, 2.24) is 24.2 Å². The molecule has 2 aliphatic heterocycles. The number of allylic oxidation sites excluding steroid dienone is 1. The lowest BCUT2D eigenvalue weighted by Crippen LogP contribution is -2.27. The highest BCUT2D eigenvalue weighted by Gasteiger charge is 2.35. The fourth-order valence-corrected chi connectivity index (χ4v) is 5.94. The predicted molar refractivity (Wildman–Crippen MR) is 167 cm³/mol. The van der Waals surface area contributed by atoms with Gasteiger partial charge in [-0.1, -0.05) is 13.0 Å².